The van der Waals surface area contributed by atoms with Crippen LogP contribution in [-0.2, 0) is 15.0 Å². The molecule has 1 atom stereocenters. The van der Waals surface area contributed by atoms with Crippen LogP contribution in [0.1, 0.15) is 25.7 Å². The van der Waals surface area contributed by atoms with Gasteiger partial charge >= 0.3 is 0 Å². The lowest BCUT2D eigenvalue weighted by Gasteiger charge is -2.34. The average molecular weight is 289 g/mol. The molecule has 0 spiro atoms. The summed E-state index contributed by atoms with van der Waals surface area (Å²) in [5.41, 5.74) is 0. The average Bonchev–Trinajstić information content (AvgIpc) is 2.91. The fourth-order valence-electron chi connectivity index (χ4n) is 2.78. The van der Waals surface area contributed by atoms with Gasteiger partial charge in [-0.3, -0.25) is 4.79 Å². The zero-order valence-corrected chi connectivity index (χ0v) is 12.5. The topological polar surface area (TPSA) is 60.9 Å². The van der Waals surface area contributed by atoms with Crippen molar-refractivity contribution in [3.8, 4) is 0 Å². The Bertz CT molecular complexity index is 430. The Balaban J connectivity index is 2.03. The van der Waals surface area contributed by atoms with Gasteiger partial charge in [-0.25, -0.2) is 0 Å². The van der Waals surface area contributed by atoms with Crippen LogP contribution in [0.15, 0.2) is 0 Å². The van der Waals surface area contributed by atoms with E-state index in [-0.39, 0.29) is 11.8 Å². The largest absolute Gasteiger partial charge is 0.342 e. The summed E-state index contributed by atoms with van der Waals surface area (Å²) in [5.74, 6) is -0.0299. The summed E-state index contributed by atoms with van der Waals surface area (Å²) in [4.78, 5) is 14.2. The number of hydrogen-bond acceptors (Lipinski definition) is 3. The van der Waals surface area contributed by atoms with Gasteiger partial charge < -0.3 is 4.90 Å². The smallest absolute Gasteiger partial charge is 0.281 e. The van der Waals surface area contributed by atoms with Crippen molar-refractivity contribution in [3.05, 3.63) is 0 Å². The van der Waals surface area contributed by atoms with Crippen LogP contribution in [0.2, 0.25) is 0 Å². The van der Waals surface area contributed by atoms with Gasteiger partial charge in [0.2, 0.25) is 5.91 Å². The van der Waals surface area contributed by atoms with Gasteiger partial charge in [-0.05, 0) is 25.7 Å². The highest BCUT2D eigenvalue weighted by atomic mass is 32.2. The number of piperidine rings is 1. The van der Waals surface area contributed by atoms with E-state index in [1.807, 2.05) is 4.90 Å². The third-order valence-corrected chi connectivity index (χ3v) is 5.85. The molecule has 7 heteroatoms. The molecule has 2 aliphatic rings. The van der Waals surface area contributed by atoms with Gasteiger partial charge in [0.25, 0.3) is 10.2 Å². The second kappa shape index (κ2) is 5.76. The molecule has 110 valence electrons. The van der Waals surface area contributed by atoms with Gasteiger partial charge in [-0.2, -0.15) is 17.0 Å². The van der Waals surface area contributed by atoms with Crippen molar-refractivity contribution in [1.82, 2.24) is 13.5 Å². The lowest BCUT2D eigenvalue weighted by atomic mass is 9.98. The van der Waals surface area contributed by atoms with Crippen molar-refractivity contribution in [3.63, 3.8) is 0 Å². The normalized spacial score (nSPS) is 26.1. The summed E-state index contributed by atoms with van der Waals surface area (Å²) in [6, 6.07) is 0. The lowest BCUT2D eigenvalue weighted by molar-refractivity contribution is -0.135. The molecule has 0 radical (unpaired) electrons. The molecular weight excluding hydrogens is 266 g/mol. The molecule has 2 heterocycles. The maximum Gasteiger partial charge on any atom is 0.281 e. The summed E-state index contributed by atoms with van der Waals surface area (Å²) < 4.78 is 26.9. The first-order valence-electron chi connectivity index (χ1n) is 6.89. The highest BCUT2D eigenvalue weighted by Crippen LogP contribution is 2.23. The Morgan fingerprint density at radius 3 is 2.32 bits per heavy atom. The minimum absolute atomic E-state index is 0.135. The van der Waals surface area contributed by atoms with Crippen LogP contribution in [0.5, 0.6) is 0 Å². The van der Waals surface area contributed by atoms with Gasteiger partial charge in [-0.1, -0.05) is 0 Å². The van der Waals surface area contributed by atoms with E-state index in [4.69, 9.17) is 0 Å². The van der Waals surface area contributed by atoms with Gasteiger partial charge in [0.15, 0.2) is 0 Å². The van der Waals surface area contributed by atoms with Gasteiger partial charge in [-0.15, -0.1) is 0 Å². The highest BCUT2D eigenvalue weighted by Gasteiger charge is 2.35. The molecule has 0 bridgehead atoms. The van der Waals surface area contributed by atoms with Crippen LogP contribution in [0.3, 0.4) is 0 Å². The van der Waals surface area contributed by atoms with Gasteiger partial charge in [0.1, 0.15) is 0 Å². The molecule has 0 aromatic rings. The monoisotopic (exact) mass is 289 g/mol. The van der Waals surface area contributed by atoms with Crippen molar-refractivity contribution in [1.29, 1.82) is 0 Å². The van der Waals surface area contributed by atoms with E-state index in [0.717, 1.165) is 38.8 Å². The molecule has 1 amide bonds. The van der Waals surface area contributed by atoms with Crippen molar-refractivity contribution in [2.75, 3.05) is 40.3 Å². The fraction of sp³-hybridized carbons (Fsp3) is 0.917. The van der Waals surface area contributed by atoms with E-state index in [9.17, 15) is 13.2 Å². The van der Waals surface area contributed by atoms with Crippen LogP contribution < -0.4 is 0 Å². The van der Waals surface area contributed by atoms with Crippen LogP contribution in [-0.4, -0.2) is 68.1 Å². The van der Waals surface area contributed by atoms with E-state index in [2.05, 4.69) is 0 Å². The Morgan fingerprint density at radius 1 is 1.11 bits per heavy atom. The molecule has 0 unspecified atom stereocenters. The third-order valence-electron chi connectivity index (χ3n) is 3.94. The summed E-state index contributed by atoms with van der Waals surface area (Å²) in [6.45, 7) is 2.51. The first-order valence-corrected chi connectivity index (χ1v) is 8.29. The van der Waals surface area contributed by atoms with Crippen LogP contribution >= 0.6 is 0 Å². The molecule has 0 aromatic heterocycles. The number of hydrogen-bond donors (Lipinski definition) is 0. The van der Waals surface area contributed by atoms with E-state index >= 15 is 0 Å². The van der Waals surface area contributed by atoms with Crippen molar-refractivity contribution in [2.24, 2.45) is 5.92 Å². The summed E-state index contributed by atoms with van der Waals surface area (Å²) in [5, 5.41) is 0. The zero-order valence-electron chi connectivity index (χ0n) is 11.7. The predicted molar refractivity (Wildman–Crippen MR) is 72.7 cm³/mol. The van der Waals surface area contributed by atoms with E-state index in [1.54, 1.807) is 0 Å². The van der Waals surface area contributed by atoms with E-state index < -0.39 is 10.2 Å². The van der Waals surface area contributed by atoms with Crippen molar-refractivity contribution in [2.45, 2.75) is 25.7 Å². The highest BCUT2D eigenvalue weighted by molar-refractivity contribution is 7.86. The molecular formula is C12H23N3O3S. The predicted octanol–water partition coefficient (Wildman–Crippen LogP) is 0.127. The molecule has 0 N–H and O–H groups in total. The minimum atomic E-state index is -3.39. The first kappa shape index (κ1) is 14.7. The number of amides is 1. The number of carbonyl (C=O) groups is 1. The second-order valence-corrected chi connectivity index (χ2v) is 7.66. The SMILES string of the molecule is CN(C)S(=O)(=O)N1CCC[C@@H](C(=O)N2CCCC2)C1. The lowest BCUT2D eigenvalue weighted by Crippen LogP contribution is -2.49. The number of carbonyl (C=O) groups excluding carboxylic acids is 1. The Morgan fingerprint density at radius 2 is 1.74 bits per heavy atom. The summed E-state index contributed by atoms with van der Waals surface area (Å²) in [6.07, 6.45) is 3.70. The standard InChI is InChI=1S/C12H23N3O3S/c1-13(2)19(17,18)15-9-5-6-11(10-15)12(16)14-7-3-4-8-14/h11H,3-10H2,1-2H3/t11-/m1/s1. The molecule has 2 saturated heterocycles. The number of likely N-dealkylation sites (tertiary alicyclic amines) is 1. The van der Waals surface area contributed by atoms with E-state index in [0.29, 0.717) is 13.1 Å². The zero-order chi connectivity index (χ0) is 14.0. The third kappa shape index (κ3) is 3.09. The molecule has 6 nitrogen and oxygen atoms in total. The maximum absolute atomic E-state index is 12.3. The fourth-order valence-corrected chi connectivity index (χ4v) is 3.97. The van der Waals surface area contributed by atoms with Crippen molar-refractivity contribution < 1.29 is 13.2 Å². The molecule has 0 aliphatic carbocycles. The van der Waals surface area contributed by atoms with E-state index in [1.165, 1.54) is 22.7 Å². The van der Waals surface area contributed by atoms with Crippen LogP contribution in [0.25, 0.3) is 0 Å². The van der Waals surface area contributed by atoms with Gasteiger partial charge in [0.05, 0.1) is 5.92 Å². The Kier molecular flexibility index (Phi) is 4.47. The van der Waals surface area contributed by atoms with Crippen LogP contribution in [0.4, 0.5) is 0 Å². The molecule has 2 rings (SSSR count). The first-order chi connectivity index (χ1) is 8.93. The minimum Gasteiger partial charge on any atom is -0.342 e. The van der Waals surface area contributed by atoms with Crippen molar-refractivity contribution >= 4 is 16.1 Å². The van der Waals surface area contributed by atoms with Crippen LogP contribution in [0, 0.1) is 5.92 Å². The molecule has 2 fully saturated rings. The quantitative estimate of drug-likeness (QED) is 0.742. The molecule has 0 saturated carbocycles. The number of nitrogens with zero attached hydrogens (tertiary/aromatic N) is 3. The molecule has 0 aromatic carbocycles. The Labute approximate surface area is 115 Å². The maximum atomic E-state index is 12.3. The molecule has 2 aliphatic heterocycles. The second-order valence-electron chi connectivity index (χ2n) is 5.52. The summed E-state index contributed by atoms with van der Waals surface area (Å²) >= 11 is 0. The number of rotatable bonds is 3. The van der Waals surface area contributed by atoms with Gasteiger partial charge in [0, 0.05) is 40.3 Å². The molecule has 19 heavy (non-hydrogen) atoms. The summed E-state index contributed by atoms with van der Waals surface area (Å²) in [7, 11) is -0.336. The Hall–Kier alpha value is -0.660.